The lowest BCUT2D eigenvalue weighted by atomic mass is 9.62. The number of rotatable bonds is 2. The van der Waals surface area contributed by atoms with Gasteiger partial charge in [0.15, 0.2) is 0 Å². The van der Waals surface area contributed by atoms with Gasteiger partial charge in [0.1, 0.15) is 0 Å². The summed E-state index contributed by atoms with van der Waals surface area (Å²) in [5.41, 5.74) is 2.36. The number of esters is 1. The van der Waals surface area contributed by atoms with Crippen molar-refractivity contribution < 1.29 is 14.6 Å². The van der Waals surface area contributed by atoms with Gasteiger partial charge in [-0.15, -0.1) is 0 Å². The van der Waals surface area contributed by atoms with Crippen molar-refractivity contribution in [1.82, 2.24) is 9.88 Å². The Balaban J connectivity index is 1.91. The van der Waals surface area contributed by atoms with Crippen LogP contribution in [0.5, 0.6) is 0 Å². The Labute approximate surface area is 154 Å². The zero-order chi connectivity index (χ0) is 18.5. The molecule has 4 rings (SSSR count). The van der Waals surface area contributed by atoms with E-state index >= 15 is 0 Å². The maximum Gasteiger partial charge on any atom is 0.313 e. The fourth-order valence-corrected chi connectivity index (χ4v) is 5.52. The number of methoxy groups -OCH3 is 1. The molecular weight excluding hydrogens is 328 g/mol. The minimum absolute atomic E-state index is 0.116. The average Bonchev–Trinajstić information content (AvgIpc) is 2.95. The van der Waals surface area contributed by atoms with E-state index in [2.05, 4.69) is 29.9 Å². The molecule has 0 saturated carbocycles. The number of benzene rings is 1. The van der Waals surface area contributed by atoms with Crippen molar-refractivity contribution in [3.05, 3.63) is 35.5 Å². The van der Waals surface area contributed by atoms with E-state index in [0.29, 0.717) is 25.3 Å². The summed E-state index contributed by atoms with van der Waals surface area (Å²) in [5.74, 6) is 0.348. The molecule has 4 atom stereocenters. The lowest BCUT2D eigenvalue weighted by Gasteiger charge is -2.49. The smallest absolute Gasteiger partial charge is 0.313 e. The molecule has 1 saturated heterocycles. The summed E-state index contributed by atoms with van der Waals surface area (Å²) in [6, 6.07) is 8.11. The van der Waals surface area contributed by atoms with E-state index in [1.807, 2.05) is 18.2 Å². The summed E-state index contributed by atoms with van der Waals surface area (Å²) in [7, 11) is 3.57. The van der Waals surface area contributed by atoms with E-state index in [1.54, 1.807) is 0 Å². The Morgan fingerprint density at radius 1 is 1.42 bits per heavy atom. The number of carbonyl (C=O) groups is 1. The predicted molar refractivity (Wildman–Crippen MR) is 101 cm³/mol. The molecule has 1 aliphatic heterocycles. The Morgan fingerprint density at radius 3 is 2.92 bits per heavy atom. The van der Waals surface area contributed by atoms with Gasteiger partial charge < -0.3 is 19.7 Å². The van der Waals surface area contributed by atoms with E-state index in [4.69, 9.17) is 4.74 Å². The Morgan fingerprint density at radius 2 is 2.19 bits per heavy atom. The van der Waals surface area contributed by atoms with Crippen LogP contribution in [-0.4, -0.2) is 48.2 Å². The number of piperidine rings is 1. The number of hydrogen-bond donors (Lipinski definition) is 2. The highest BCUT2D eigenvalue weighted by Crippen LogP contribution is 2.51. The minimum Gasteiger partial charge on any atom is -0.469 e. The number of para-hydroxylation sites is 1. The molecule has 0 radical (unpaired) electrons. The number of nitrogens with zero attached hydrogens (tertiary/aromatic N) is 1. The van der Waals surface area contributed by atoms with Gasteiger partial charge in [0.25, 0.3) is 0 Å². The van der Waals surface area contributed by atoms with Gasteiger partial charge in [0.05, 0.1) is 18.6 Å². The molecule has 2 aromatic rings. The third-order valence-electron chi connectivity index (χ3n) is 6.64. The molecule has 1 fully saturated rings. The van der Waals surface area contributed by atoms with E-state index in [9.17, 15) is 9.90 Å². The maximum absolute atomic E-state index is 13.1. The Hall–Kier alpha value is -1.85. The first-order chi connectivity index (χ1) is 12.5. The van der Waals surface area contributed by atoms with Crippen LogP contribution in [0.4, 0.5) is 0 Å². The average molecular weight is 356 g/mol. The molecule has 1 aromatic carbocycles. The first kappa shape index (κ1) is 17.6. The second kappa shape index (κ2) is 6.39. The first-order valence-corrected chi connectivity index (χ1v) is 9.54. The number of aromatic nitrogens is 1. The van der Waals surface area contributed by atoms with Crippen LogP contribution in [0, 0.1) is 17.3 Å². The van der Waals surface area contributed by atoms with Gasteiger partial charge in [-0.25, -0.2) is 0 Å². The van der Waals surface area contributed by atoms with Crippen LogP contribution in [0.25, 0.3) is 10.9 Å². The summed E-state index contributed by atoms with van der Waals surface area (Å²) in [6.07, 6.45) is 1.63. The van der Waals surface area contributed by atoms with Crippen molar-refractivity contribution in [2.75, 3.05) is 27.2 Å². The van der Waals surface area contributed by atoms with Crippen molar-refractivity contribution in [3.8, 4) is 0 Å². The van der Waals surface area contributed by atoms with Crippen molar-refractivity contribution in [3.63, 3.8) is 0 Å². The van der Waals surface area contributed by atoms with Gasteiger partial charge in [-0.05, 0) is 43.4 Å². The number of likely N-dealkylation sites (tertiary alicyclic amines) is 1. The Bertz CT molecular complexity index is 830. The van der Waals surface area contributed by atoms with Crippen LogP contribution in [-0.2, 0) is 16.0 Å². The molecule has 1 aromatic heterocycles. The van der Waals surface area contributed by atoms with Crippen LogP contribution in [0.1, 0.15) is 37.1 Å². The number of aliphatic hydroxyl groups is 1. The van der Waals surface area contributed by atoms with Gasteiger partial charge in [-0.1, -0.05) is 31.5 Å². The minimum atomic E-state index is -0.611. The Kier molecular flexibility index (Phi) is 4.32. The third kappa shape index (κ3) is 2.48. The lowest BCUT2D eigenvalue weighted by molar-refractivity contribution is -0.165. The van der Waals surface area contributed by atoms with Crippen molar-refractivity contribution in [1.29, 1.82) is 0 Å². The number of H-pyrrole nitrogens is 1. The fraction of sp³-hybridized carbons (Fsp3) is 0.571. The summed E-state index contributed by atoms with van der Waals surface area (Å²) in [6.45, 7) is 3.81. The number of nitrogens with one attached hydrogen (secondary N) is 1. The SMILES string of the molecule is CC[C@@H]1CN(C)C[C@@]2(C(=O)OC)Cc3c([nH]c4ccccc34)C(O)C[C@@H]12. The van der Waals surface area contributed by atoms with Crippen LogP contribution in [0.3, 0.4) is 0 Å². The van der Waals surface area contributed by atoms with E-state index in [-0.39, 0.29) is 11.9 Å². The molecule has 2 heterocycles. The standard InChI is InChI=1S/C21H28N2O3/c1-4-13-11-23(2)12-21(20(25)26-3)10-15-14-7-5-6-8-17(14)22-19(15)18(24)9-16(13)21/h5-8,13,16,18,22,24H,4,9-12H2,1-3H3/t13-,16+,18?,21+/m1/s1. The highest BCUT2D eigenvalue weighted by Gasteiger charge is 2.55. The number of carbonyl (C=O) groups excluding carboxylic acids is 1. The normalized spacial score (nSPS) is 31.9. The fourth-order valence-electron chi connectivity index (χ4n) is 5.52. The molecule has 1 unspecified atom stereocenters. The monoisotopic (exact) mass is 356 g/mol. The van der Waals surface area contributed by atoms with Gasteiger partial charge in [-0.3, -0.25) is 4.79 Å². The maximum atomic E-state index is 13.1. The number of aromatic amines is 1. The van der Waals surface area contributed by atoms with Crippen LogP contribution >= 0.6 is 0 Å². The molecule has 26 heavy (non-hydrogen) atoms. The first-order valence-electron chi connectivity index (χ1n) is 9.54. The van der Waals surface area contributed by atoms with Crippen molar-refractivity contribution in [2.45, 2.75) is 32.3 Å². The van der Waals surface area contributed by atoms with Crippen LogP contribution < -0.4 is 0 Å². The topological polar surface area (TPSA) is 65.6 Å². The largest absolute Gasteiger partial charge is 0.469 e. The van der Waals surface area contributed by atoms with Crippen LogP contribution in [0.2, 0.25) is 0 Å². The molecule has 0 bridgehead atoms. The van der Waals surface area contributed by atoms with Crippen molar-refractivity contribution >= 4 is 16.9 Å². The summed E-state index contributed by atoms with van der Waals surface area (Å²) in [5, 5.41) is 12.1. The molecular formula is C21H28N2O3. The number of aliphatic hydroxyl groups excluding tert-OH is 1. The number of fused-ring (bicyclic) bond motifs is 4. The van der Waals surface area contributed by atoms with Gasteiger partial charge in [0, 0.05) is 29.7 Å². The van der Waals surface area contributed by atoms with E-state index in [0.717, 1.165) is 35.1 Å². The van der Waals surface area contributed by atoms with Gasteiger partial charge in [-0.2, -0.15) is 0 Å². The summed E-state index contributed by atoms with van der Waals surface area (Å²) >= 11 is 0. The molecule has 0 amide bonds. The number of ether oxygens (including phenoxy) is 1. The zero-order valence-electron chi connectivity index (χ0n) is 15.8. The van der Waals surface area contributed by atoms with E-state index in [1.165, 1.54) is 7.11 Å². The molecule has 2 N–H and O–H groups in total. The van der Waals surface area contributed by atoms with Crippen LogP contribution in [0.15, 0.2) is 24.3 Å². The summed E-state index contributed by atoms with van der Waals surface area (Å²) < 4.78 is 5.33. The third-order valence-corrected chi connectivity index (χ3v) is 6.64. The van der Waals surface area contributed by atoms with Gasteiger partial charge >= 0.3 is 5.97 Å². The molecule has 140 valence electrons. The lowest BCUT2D eigenvalue weighted by Crippen LogP contribution is -2.57. The molecule has 5 nitrogen and oxygen atoms in total. The van der Waals surface area contributed by atoms with E-state index < -0.39 is 11.5 Å². The number of hydrogen-bond acceptors (Lipinski definition) is 4. The molecule has 1 aliphatic carbocycles. The highest BCUT2D eigenvalue weighted by molar-refractivity contribution is 5.87. The van der Waals surface area contributed by atoms with Crippen molar-refractivity contribution in [2.24, 2.45) is 17.3 Å². The molecule has 2 aliphatic rings. The highest BCUT2D eigenvalue weighted by atomic mass is 16.5. The van der Waals surface area contributed by atoms with Gasteiger partial charge in [0.2, 0.25) is 0 Å². The molecule has 5 heteroatoms. The predicted octanol–water partition coefficient (Wildman–Crippen LogP) is 2.89. The second-order valence-corrected chi connectivity index (χ2v) is 8.11. The summed E-state index contributed by atoms with van der Waals surface area (Å²) in [4.78, 5) is 18.8. The molecule has 0 spiro atoms. The zero-order valence-corrected chi connectivity index (χ0v) is 15.8. The second-order valence-electron chi connectivity index (χ2n) is 8.11. The quantitative estimate of drug-likeness (QED) is 0.812.